The van der Waals surface area contributed by atoms with E-state index in [-0.39, 0.29) is 31.0 Å². The Kier molecular flexibility index (Phi) is 8.25. The number of hydrogen-bond acceptors (Lipinski definition) is 5. The van der Waals surface area contributed by atoms with Crippen LogP contribution in [0.25, 0.3) is 0 Å². The van der Waals surface area contributed by atoms with Crippen LogP contribution < -0.4 is 9.47 Å². The van der Waals surface area contributed by atoms with Gasteiger partial charge in [0, 0.05) is 18.5 Å². The Morgan fingerprint density at radius 1 is 1.04 bits per heavy atom. The van der Waals surface area contributed by atoms with Gasteiger partial charge in [0.05, 0.1) is 14.2 Å². The van der Waals surface area contributed by atoms with E-state index >= 15 is 0 Å². The van der Waals surface area contributed by atoms with E-state index < -0.39 is 5.97 Å². The Morgan fingerprint density at radius 3 is 2.20 bits per heavy atom. The number of para-hydroxylation sites is 1. The number of amides is 1. The van der Waals surface area contributed by atoms with Gasteiger partial charge in [-0.05, 0) is 45.7 Å². The van der Waals surface area contributed by atoms with E-state index in [1.807, 2.05) is 39.8 Å². The summed E-state index contributed by atoms with van der Waals surface area (Å²) < 4.78 is 15.7. The number of methoxy groups -OCH3 is 2. The molecule has 0 atom stereocenters. The van der Waals surface area contributed by atoms with Crippen molar-refractivity contribution in [2.24, 2.45) is 0 Å². The predicted octanol–water partition coefficient (Wildman–Crippen LogP) is 2.83. The van der Waals surface area contributed by atoms with Crippen LogP contribution in [0, 0.1) is 0 Å². The quantitative estimate of drug-likeness (QED) is 0.640. The van der Waals surface area contributed by atoms with Crippen LogP contribution in [-0.4, -0.2) is 49.7 Å². The van der Waals surface area contributed by atoms with E-state index in [1.54, 1.807) is 25.2 Å². The Morgan fingerprint density at radius 2 is 1.68 bits per heavy atom. The minimum Gasteiger partial charge on any atom is -0.493 e. The predicted molar refractivity (Wildman–Crippen MR) is 95.9 cm³/mol. The lowest BCUT2D eigenvalue weighted by Gasteiger charge is -2.30. The first-order valence-corrected chi connectivity index (χ1v) is 8.48. The second kappa shape index (κ2) is 9.91. The van der Waals surface area contributed by atoms with Crippen molar-refractivity contribution in [2.45, 2.75) is 52.6 Å². The monoisotopic (exact) mass is 351 g/mol. The first-order valence-electron chi connectivity index (χ1n) is 8.48. The van der Waals surface area contributed by atoms with Gasteiger partial charge < -0.3 is 19.1 Å². The summed E-state index contributed by atoms with van der Waals surface area (Å²) in [5, 5.41) is 0. The van der Waals surface area contributed by atoms with Crippen molar-refractivity contribution in [3.63, 3.8) is 0 Å². The first-order chi connectivity index (χ1) is 11.8. The van der Waals surface area contributed by atoms with Gasteiger partial charge in [0.25, 0.3) is 5.91 Å². The zero-order chi connectivity index (χ0) is 19.0. The minimum atomic E-state index is -0.411. The van der Waals surface area contributed by atoms with Crippen molar-refractivity contribution < 1.29 is 23.8 Å². The van der Waals surface area contributed by atoms with Crippen LogP contribution in [0.15, 0.2) is 18.2 Å². The molecule has 25 heavy (non-hydrogen) atoms. The maximum absolute atomic E-state index is 12.2. The number of esters is 1. The van der Waals surface area contributed by atoms with Crippen molar-refractivity contribution in [1.82, 2.24) is 4.90 Å². The van der Waals surface area contributed by atoms with E-state index in [4.69, 9.17) is 14.2 Å². The molecule has 0 saturated heterocycles. The van der Waals surface area contributed by atoms with E-state index in [9.17, 15) is 9.59 Å². The number of hydrogen-bond donors (Lipinski definition) is 0. The number of nitrogens with zero attached hydrogens (tertiary/aromatic N) is 1. The summed E-state index contributed by atoms with van der Waals surface area (Å²) in [4.78, 5) is 25.9. The van der Waals surface area contributed by atoms with Gasteiger partial charge in [-0.25, -0.2) is 0 Å². The number of aryl methyl sites for hydroxylation is 1. The molecule has 6 nitrogen and oxygen atoms in total. The zero-order valence-electron chi connectivity index (χ0n) is 16.0. The standard InChI is InChI=1S/C19H29NO5/c1-13(2)20(14(3)4)17(21)12-25-18(22)11-10-15-8-7-9-16(23-5)19(15)24-6/h7-9,13-14H,10-12H2,1-6H3. The molecule has 1 amide bonds. The highest BCUT2D eigenvalue weighted by atomic mass is 16.5. The molecule has 6 heteroatoms. The molecule has 0 aliphatic heterocycles. The third-order valence-corrected chi connectivity index (χ3v) is 3.84. The molecule has 0 unspecified atom stereocenters. The lowest BCUT2D eigenvalue weighted by Crippen LogP contribution is -2.44. The summed E-state index contributed by atoms with van der Waals surface area (Å²) in [5.41, 5.74) is 0.858. The van der Waals surface area contributed by atoms with Crippen LogP contribution in [0.5, 0.6) is 11.5 Å². The number of carbonyl (C=O) groups is 2. The number of carbonyl (C=O) groups excluding carboxylic acids is 2. The number of ether oxygens (including phenoxy) is 3. The fraction of sp³-hybridized carbons (Fsp3) is 0.579. The van der Waals surface area contributed by atoms with Gasteiger partial charge in [-0.1, -0.05) is 12.1 Å². The molecule has 0 saturated carbocycles. The van der Waals surface area contributed by atoms with Gasteiger partial charge in [-0.3, -0.25) is 9.59 Å². The maximum atomic E-state index is 12.2. The summed E-state index contributed by atoms with van der Waals surface area (Å²) in [6.45, 7) is 7.53. The van der Waals surface area contributed by atoms with Crippen LogP contribution in [0.4, 0.5) is 0 Å². The molecule has 0 aliphatic carbocycles. The Bertz CT molecular complexity index is 575. The van der Waals surface area contributed by atoms with Crippen LogP contribution >= 0.6 is 0 Å². The molecule has 1 rings (SSSR count). The van der Waals surface area contributed by atoms with Crippen molar-refractivity contribution in [3.8, 4) is 11.5 Å². The van der Waals surface area contributed by atoms with Gasteiger partial charge in [-0.2, -0.15) is 0 Å². The maximum Gasteiger partial charge on any atom is 0.306 e. The van der Waals surface area contributed by atoms with Gasteiger partial charge >= 0.3 is 5.97 Å². The third-order valence-electron chi connectivity index (χ3n) is 3.84. The molecule has 140 valence electrons. The molecule has 1 aromatic carbocycles. The van der Waals surface area contributed by atoms with Gasteiger partial charge in [0.2, 0.25) is 0 Å². The summed E-state index contributed by atoms with van der Waals surface area (Å²) in [5.74, 6) is 0.635. The van der Waals surface area contributed by atoms with Crippen LogP contribution in [0.2, 0.25) is 0 Å². The summed E-state index contributed by atoms with van der Waals surface area (Å²) in [7, 11) is 3.13. The highest BCUT2D eigenvalue weighted by Gasteiger charge is 2.21. The summed E-state index contributed by atoms with van der Waals surface area (Å²) in [6, 6.07) is 5.64. The average Bonchev–Trinajstić information content (AvgIpc) is 2.56. The van der Waals surface area contributed by atoms with Crippen LogP contribution in [0.3, 0.4) is 0 Å². The van der Waals surface area contributed by atoms with Crippen molar-refractivity contribution in [1.29, 1.82) is 0 Å². The van der Waals surface area contributed by atoms with E-state index in [2.05, 4.69) is 0 Å². The lowest BCUT2D eigenvalue weighted by molar-refractivity contribution is -0.153. The molecule has 0 spiro atoms. The third kappa shape index (κ3) is 5.96. The van der Waals surface area contributed by atoms with Crippen LogP contribution in [0.1, 0.15) is 39.7 Å². The van der Waals surface area contributed by atoms with E-state index in [0.29, 0.717) is 17.9 Å². The highest BCUT2D eigenvalue weighted by molar-refractivity contribution is 5.81. The van der Waals surface area contributed by atoms with E-state index in [0.717, 1.165) is 5.56 Å². The van der Waals surface area contributed by atoms with E-state index in [1.165, 1.54) is 0 Å². The second-order valence-corrected chi connectivity index (χ2v) is 6.30. The Hall–Kier alpha value is -2.24. The van der Waals surface area contributed by atoms with Gasteiger partial charge in [0.15, 0.2) is 18.1 Å². The van der Waals surface area contributed by atoms with Crippen molar-refractivity contribution in [3.05, 3.63) is 23.8 Å². The molecule has 0 bridgehead atoms. The fourth-order valence-corrected chi connectivity index (χ4v) is 2.85. The largest absolute Gasteiger partial charge is 0.493 e. The van der Waals surface area contributed by atoms with Gasteiger partial charge in [0.1, 0.15) is 0 Å². The smallest absolute Gasteiger partial charge is 0.306 e. The highest BCUT2D eigenvalue weighted by Crippen LogP contribution is 2.31. The normalized spacial score (nSPS) is 10.7. The molecule has 0 fully saturated rings. The van der Waals surface area contributed by atoms with Crippen molar-refractivity contribution in [2.75, 3.05) is 20.8 Å². The topological polar surface area (TPSA) is 65.1 Å². The second-order valence-electron chi connectivity index (χ2n) is 6.30. The first kappa shape index (κ1) is 20.8. The number of rotatable bonds is 9. The molecule has 0 aromatic heterocycles. The average molecular weight is 351 g/mol. The molecular weight excluding hydrogens is 322 g/mol. The van der Waals surface area contributed by atoms with Crippen molar-refractivity contribution >= 4 is 11.9 Å². The zero-order valence-corrected chi connectivity index (χ0v) is 16.0. The van der Waals surface area contributed by atoms with Gasteiger partial charge in [-0.15, -0.1) is 0 Å². The SMILES string of the molecule is COc1cccc(CCC(=O)OCC(=O)N(C(C)C)C(C)C)c1OC. The molecule has 0 aliphatic rings. The molecule has 0 heterocycles. The Labute approximate surface area is 150 Å². The Balaban J connectivity index is 2.57. The lowest BCUT2D eigenvalue weighted by atomic mass is 10.1. The molecule has 1 aromatic rings. The summed E-state index contributed by atoms with van der Waals surface area (Å²) >= 11 is 0. The molecular formula is C19H29NO5. The summed E-state index contributed by atoms with van der Waals surface area (Å²) in [6.07, 6.45) is 0.617. The fourth-order valence-electron chi connectivity index (χ4n) is 2.85. The minimum absolute atomic E-state index is 0.0623. The molecule has 0 N–H and O–H groups in total. The van der Waals surface area contributed by atoms with Crippen LogP contribution in [-0.2, 0) is 20.7 Å². The number of benzene rings is 1. The molecule has 0 radical (unpaired) electrons.